The van der Waals surface area contributed by atoms with Gasteiger partial charge in [-0.1, -0.05) is 32.6 Å². The van der Waals surface area contributed by atoms with Gasteiger partial charge in [0.1, 0.15) is 5.82 Å². The molecule has 0 heterocycles. The highest BCUT2D eigenvalue weighted by molar-refractivity contribution is 5.91. The number of amides is 1. The van der Waals surface area contributed by atoms with Crippen molar-refractivity contribution in [2.45, 2.75) is 45.4 Å². The minimum atomic E-state index is -0.455. The van der Waals surface area contributed by atoms with E-state index in [1.54, 1.807) is 0 Å². The van der Waals surface area contributed by atoms with Crippen molar-refractivity contribution in [3.63, 3.8) is 0 Å². The third kappa shape index (κ3) is 5.17. The van der Waals surface area contributed by atoms with Crippen LogP contribution in [0.5, 0.6) is 0 Å². The molecular weight excluding hydrogens is 231 g/mol. The average Bonchev–Trinajstić information content (AvgIpc) is 2.33. The summed E-state index contributed by atoms with van der Waals surface area (Å²) in [4.78, 5) is 11.6. The zero-order valence-electron chi connectivity index (χ0n) is 10.8. The van der Waals surface area contributed by atoms with Crippen LogP contribution >= 0.6 is 0 Å². The Morgan fingerprint density at radius 1 is 1.28 bits per heavy atom. The average molecular weight is 252 g/mol. The van der Waals surface area contributed by atoms with Crippen molar-refractivity contribution in [2.24, 2.45) is 0 Å². The molecule has 0 saturated carbocycles. The van der Waals surface area contributed by atoms with E-state index in [2.05, 4.69) is 12.2 Å². The first kappa shape index (κ1) is 14.5. The van der Waals surface area contributed by atoms with Gasteiger partial charge in [0.25, 0.3) is 0 Å². The van der Waals surface area contributed by atoms with Crippen molar-refractivity contribution in [3.05, 3.63) is 24.0 Å². The van der Waals surface area contributed by atoms with Gasteiger partial charge in [-0.3, -0.25) is 4.79 Å². The summed E-state index contributed by atoms with van der Waals surface area (Å²) in [5, 5.41) is 2.55. The molecule has 1 rings (SSSR count). The predicted octanol–water partition coefficient (Wildman–Crippen LogP) is 3.71. The van der Waals surface area contributed by atoms with Crippen molar-refractivity contribution >= 4 is 17.3 Å². The van der Waals surface area contributed by atoms with Crippen LogP contribution in [0.2, 0.25) is 0 Å². The van der Waals surface area contributed by atoms with Crippen molar-refractivity contribution < 1.29 is 9.18 Å². The van der Waals surface area contributed by atoms with Gasteiger partial charge in [0, 0.05) is 12.1 Å². The van der Waals surface area contributed by atoms with Crippen LogP contribution in [0.25, 0.3) is 0 Å². The third-order valence-corrected chi connectivity index (χ3v) is 2.77. The summed E-state index contributed by atoms with van der Waals surface area (Å²) in [6, 6.07) is 4.16. The molecule has 0 saturated heterocycles. The zero-order valence-corrected chi connectivity index (χ0v) is 10.8. The number of nitrogen functional groups attached to an aromatic ring is 1. The van der Waals surface area contributed by atoms with E-state index in [1.807, 2.05) is 0 Å². The van der Waals surface area contributed by atoms with Gasteiger partial charge >= 0.3 is 0 Å². The van der Waals surface area contributed by atoms with Gasteiger partial charge in [0.2, 0.25) is 5.91 Å². The maximum absolute atomic E-state index is 13.3. The lowest BCUT2D eigenvalue weighted by atomic mass is 10.1. The zero-order chi connectivity index (χ0) is 13.4. The molecule has 0 aliphatic carbocycles. The van der Waals surface area contributed by atoms with E-state index in [0.29, 0.717) is 12.1 Å². The Hall–Kier alpha value is -1.58. The number of anilines is 2. The fraction of sp³-hybridized carbons (Fsp3) is 0.500. The monoisotopic (exact) mass is 252 g/mol. The van der Waals surface area contributed by atoms with Gasteiger partial charge in [-0.05, 0) is 24.6 Å². The lowest BCUT2D eigenvalue weighted by molar-refractivity contribution is -0.116. The van der Waals surface area contributed by atoms with Gasteiger partial charge in [-0.2, -0.15) is 0 Å². The quantitative estimate of drug-likeness (QED) is 0.574. The molecule has 0 atom stereocenters. The number of nitrogens with one attached hydrogen (secondary N) is 1. The molecule has 0 unspecified atom stereocenters. The smallest absolute Gasteiger partial charge is 0.224 e. The first-order valence-corrected chi connectivity index (χ1v) is 6.48. The van der Waals surface area contributed by atoms with Crippen LogP contribution in [0.1, 0.15) is 45.4 Å². The number of nitrogens with two attached hydrogens (primary N) is 1. The van der Waals surface area contributed by atoms with Crippen molar-refractivity contribution in [3.8, 4) is 0 Å². The van der Waals surface area contributed by atoms with Crippen LogP contribution in [0.4, 0.5) is 15.8 Å². The number of hydrogen-bond acceptors (Lipinski definition) is 2. The highest BCUT2D eigenvalue weighted by Gasteiger charge is 2.07. The number of carbonyl (C=O) groups excluding carboxylic acids is 1. The maximum atomic E-state index is 13.3. The second kappa shape index (κ2) is 7.69. The topological polar surface area (TPSA) is 55.1 Å². The second-order valence-electron chi connectivity index (χ2n) is 4.45. The molecule has 4 heteroatoms. The summed E-state index contributed by atoms with van der Waals surface area (Å²) >= 11 is 0. The van der Waals surface area contributed by atoms with Gasteiger partial charge in [-0.25, -0.2) is 4.39 Å². The number of carbonyl (C=O) groups is 1. The normalized spacial score (nSPS) is 10.3. The molecule has 0 bridgehead atoms. The third-order valence-electron chi connectivity index (χ3n) is 2.77. The van der Waals surface area contributed by atoms with E-state index < -0.39 is 5.82 Å². The Morgan fingerprint density at radius 2 is 2.00 bits per heavy atom. The number of hydrogen-bond donors (Lipinski definition) is 2. The molecule has 0 aromatic heterocycles. The van der Waals surface area contributed by atoms with Gasteiger partial charge in [0.05, 0.1) is 5.69 Å². The molecule has 0 aliphatic heterocycles. The molecule has 1 aromatic rings. The van der Waals surface area contributed by atoms with Crippen LogP contribution < -0.4 is 11.1 Å². The van der Waals surface area contributed by atoms with Crippen LogP contribution in [-0.2, 0) is 4.79 Å². The summed E-state index contributed by atoms with van der Waals surface area (Å²) < 4.78 is 13.3. The van der Waals surface area contributed by atoms with Crippen LogP contribution in [0, 0.1) is 5.82 Å². The van der Waals surface area contributed by atoms with Gasteiger partial charge in [0.15, 0.2) is 0 Å². The van der Waals surface area contributed by atoms with Crippen molar-refractivity contribution in [2.75, 3.05) is 11.1 Å². The summed E-state index contributed by atoms with van der Waals surface area (Å²) in [6.45, 7) is 2.15. The molecule has 0 fully saturated rings. The molecule has 3 nitrogen and oxygen atoms in total. The molecule has 3 N–H and O–H groups in total. The summed E-state index contributed by atoms with van der Waals surface area (Å²) in [6.07, 6.45) is 5.84. The first-order chi connectivity index (χ1) is 8.63. The minimum Gasteiger partial charge on any atom is -0.399 e. The molecular formula is C14H21FN2O. The van der Waals surface area contributed by atoms with E-state index in [4.69, 9.17) is 5.73 Å². The van der Waals surface area contributed by atoms with Gasteiger partial charge in [-0.15, -0.1) is 0 Å². The number of unbranched alkanes of at least 4 members (excludes halogenated alkanes) is 4. The highest BCUT2D eigenvalue weighted by atomic mass is 19.1. The van der Waals surface area contributed by atoms with Crippen molar-refractivity contribution in [1.29, 1.82) is 0 Å². The Bertz CT molecular complexity index is 393. The number of halogens is 1. The van der Waals surface area contributed by atoms with E-state index in [-0.39, 0.29) is 11.6 Å². The lowest BCUT2D eigenvalue weighted by Crippen LogP contribution is -2.12. The van der Waals surface area contributed by atoms with E-state index in [1.165, 1.54) is 31.0 Å². The standard InChI is InChI=1S/C14H21FN2O/c1-2-3-4-5-6-7-14(18)17-13-10-11(16)8-9-12(13)15/h8-10H,2-7,16H2,1H3,(H,17,18). The highest BCUT2D eigenvalue weighted by Crippen LogP contribution is 2.18. The summed E-state index contributed by atoms with van der Waals surface area (Å²) in [5.41, 5.74) is 6.14. The molecule has 1 aromatic carbocycles. The van der Waals surface area contributed by atoms with E-state index >= 15 is 0 Å². The Balaban J connectivity index is 2.33. The molecule has 0 aliphatic rings. The van der Waals surface area contributed by atoms with Crippen LogP contribution in [0.15, 0.2) is 18.2 Å². The first-order valence-electron chi connectivity index (χ1n) is 6.48. The fourth-order valence-corrected chi connectivity index (χ4v) is 1.74. The predicted molar refractivity (Wildman–Crippen MR) is 72.8 cm³/mol. The van der Waals surface area contributed by atoms with Gasteiger partial charge < -0.3 is 11.1 Å². The van der Waals surface area contributed by atoms with E-state index in [0.717, 1.165) is 19.3 Å². The Kier molecular flexibility index (Phi) is 6.19. The Morgan fingerprint density at radius 3 is 2.72 bits per heavy atom. The molecule has 100 valence electrons. The molecule has 0 radical (unpaired) electrons. The minimum absolute atomic E-state index is 0.156. The van der Waals surface area contributed by atoms with Crippen LogP contribution in [-0.4, -0.2) is 5.91 Å². The SMILES string of the molecule is CCCCCCCC(=O)Nc1cc(N)ccc1F. The lowest BCUT2D eigenvalue weighted by Gasteiger charge is -2.07. The molecule has 18 heavy (non-hydrogen) atoms. The second-order valence-corrected chi connectivity index (χ2v) is 4.45. The molecule has 0 spiro atoms. The summed E-state index contributed by atoms with van der Waals surface area (Å²) in [5.74, 6) is -0.612. The van der Waals surface area contributed by atoms with E-state index in [9.17, 15) is 9.18 Å². The molecule has 1 amide bonds. The van der Waals surface area contributed by atoms with Crippen LogP contribution in [0.3, 0.4) is 0 Å². The number of rotatable bonds is 7. The van der Waals surface area contributed by atoms with Crippen molar-refractivity contribution in [1.82, 2.24) is 0 Å². The largest absolute Gasteiger partial charge is 0.399 e. The fourth-order valence-electron chi connectivity index (χ4n) is 1.74. The maximum Gasteiger partial charge on any atom is 0.224 e. The number of benzene rings is 1. The Labute approximate surface area is 108 Å². The summed E-state index contributed by atoms with van der Waals surface area (Å²) in [7, 11) is 0.